The van der Waals surface area contributed by atoms with Gasteiger partial charge in [-0.15, -0.1) is 0 Å². The summed E-state index contributed by atoms with van der Waals surface area (Å²) in [6.07, 6.45) is 3.20. The van der Waals surface area contributed by atoms with E-state index in [-0.39, 0.29) is 18.7 Å². The van der Waals surface area contributed by atoms with E-state index in [0.29, 0.717) is 17.4 Å². The summed E-state index contributed by atoms with van der Waals surface area (Å²) in [5.74, 6) is 0.226. The summed E-state index contributed by atoms with van der Waals surface area (Å²) in [7, 11) is 0. The van der Waals surface area contributed by atoms with Crippen molar-refractivity contribution >= 4 is 17.6 Å². The summed E-state index contributed by atoms with van der Waals surface area (Å²) in [5, 5.41) is 0.675. The van der Waals surface area contributed by atoms with Crippen molar-refractivity contribution in [2.45, 2.75) is 32.3 Å². The molecule has 0 bridgehead atoms. The zero-order valence-corrected chi connectivity index (χ0v) is 12.3. The van der Waals surface area contributed by atoms with E-state index in [1.54, 1.807) is 18.2 Å². The van der Waals surface area contributed by atoms with Crippen molar-refractivity contribution in [3.05, 3.63) is 28.8 Å². The van der Waals surface area contributed by atoms with Crippen LogP contribution >= 0.6 is 11.6 Å². The number of ether oxygens (including phenoxy) is 3. The minimum Gasteiger partial charge on any atom is -0.482 e. The molecule has 0 aliphatic carbocycles. The molecular weight excluding hydrogens is 280 g/mol. The fourth-order valence-corrected chi connectivity index (χ4v) is 2.13. The van der Waals surface area contributed by atoms with E-state index in [0.717, 1.165) is 31.4 Å². The molecule has 1 aliphatic heterocycles. The molecule has 0 spiro atoms. The van der Waals surface area contributed by atoms with Crippen molar-refractivity contribution in [3.63, 3.8) is 0 Å². The molecule has 1 aromatic carbocycles. The maximum atomic E-state index is 11.6. The van der Waals surface area contributed by atoms with Gasteiger partial charge in [0.15, 0.2) is 6.61 Å². The van der Waals surface area contributed by atoms with E-state index < -0.39 is 0 Å². The van der Waals surface area contributed by atoms with E-state index >= 15 is 0 Å². The molecule has 2 rings (SSSR count). The van der Waals surface area contributed by atoms with Gasteiger partial charge in [0, 0.05) is 11.6 Å². The standard InChI is InChI=1S/C15H19ClO4/c1-11-8-12(5-6-14(11)16)19-10-15(17)20-9-13-4-2-3-7-18-13/h5-6,8,13H,2-4,7,9-10H2,1H3. The second-order valence-electron chi connectivity index (χ2n) is 4.87. The van der Waals surface area contributed by atoms with Gasteiger partial charge in [0.25, 0.3) is 0 Å². The van der Waals surface area contributed by atoms with Crippen molar-refractivity contribution in [2.24, 2.45) is 0 Å². The number of halogens is 1. The Bertz CT molecular complexity index is 455. The van der Waals surface area contributed by atoms with Crippen LogP contribution in [0, 0.1) is 6.92 Å². The summed E-state index contributed by atoms with van der Waals surface area (Å²) >= 11 is 5.92. The van der Waals surface area contributed by atoms with Crippen LogP contribution in [0.4, 0.5) is 0 Å². The Hall–Kier alpha value is -1.26. The summed E-state index contributed by atoms with van der Waals surface area (Å²) in [4.78, 5) is 11.6. The van der Waals surface area contributed by atoms with Crippen molar-refractivity contribution in [1.82, 2.24) is 0 Å². The third-order valence-electron chi connectivity index (χ3n) is 3.19. The van der Waals surface area contributed by atoms with Crippen LogP contribution in [0.3, 0.4) is 0 Å². The highest BCUT2D eigenvalue weighted by Crippen LogP contribution is 2.21. The topological polar surface area (TPSA) is 44.8 Å². The number of esters is 1. The first-order valence-electron chi connectivity index (χ1n) is 6.81. The molecule has 1 fully saturated rings. The zero-order chi connectivity index (χ0) is 14.4. The summed E-state index contributed by atoms with van der Waals surface area (Å²) in [5.41, 5.74) is 0.910. The van der Waals surface area contributed by atoms with E-state index in [1.807, 2.05) is 6.92 Å². The van der Waals surface area contributed by atoms with Gasteiger partial charge < -0.3 is 14.2 Å². The smallest absolute Gasteiger partial charge is 0.344 e. The molecule has 0 aromatic heterocycles. The molecule has 0 N–H and O–H groups in total. The average molecular weight is 299 g/mol. The first-order chi connectivity index (χ1) is 9.65. The molecule has 1 atom stereocenters. The van der Waals surface area contributed by atoms with Crippen LogP contribution in [-0.2, 0) is 14.3 Å². The van der Waals surface area contributed by atoms with Gasteiger partial charge in [-0.2, -0.15) is 0 Å². The van der Waals surface area contributed by atoms with E-state index in [9.17, 15) is 4.79 Å². The normalized spacial score (nSPS) is 18.6. The van der Waals surface area contributed by atoms with Crippen LogP contribution < -0.4 is 4.74 Å². The zero-order valence-electron chi connectivity index (χ0n) is 11.6. The van der Waals surface area contributed by atoms with E-state index in [2.05, 4.69) is 0 Å². The molecule has 0 amide bonds. The van der Waals surface area contributed by atoms with Crippen LogP contribution in [0.25, 0.3) is 0 Å². The van der Waals surface area contributed by atoms with Crippen LogP contribution in [0.5, 0.6) is 5.75 Å². The largest absolute Gasteiger partial charge is 0.482 e. The predicted octanol–water partition coefficient (Wildman–Crippen LogP) is 3.14. The fraction of sp³-hybridized carbons (Fsp3) is 0.533. The lowest BCUT2D eigenvalue weighted by Gasteiger charge is -2.22. The molecular formula is C15H19ClO4. The van der Waals surface area contributed by atoms with Crippen molar-refractivity contribution in [2.75, 3.05) is 19.8 Å². The molecule has 0 saturated carbocycles. The van der Waals surface area contributed by atoms with Crippen LogP contribution in [0.15, 0.2) is 18.2 Å². The molecule has 4 nitrogen and oxygen atoms in total. The molecule has 20 heavy (non-hydrogen) atoms. The second-order valence-corrected chi connectivity index (χ2v) is 5.28. The minimum atomic E-state index is -0.383. The maximum Gasteiger partial charge on any atom is 0.344 e. The van der Waals surface area contributed by atoms with Gasteiger partial charge in [-0.1, -0.05) is 11.6 Å². The number of carbonyl (C=O) groups excluding carboxylic acids is 1. The highest BCUT2D eigenvalue weighted by Gasteiger charge is 2.16. The second kappa shape index (κ2) is 7.50. The molecule has 0 radical (unpaired) electrons. The van der Waals surface area contributed by atoms with Gasteiger partial charge in [0.2, 0.25) is 0 Å². The van der Waals surface area contributed by atoms with Crippen molar-refractivity contribution in [3.8, 4) is 5.75 Å². The number of aryl methyl sites for hydroxylation is 1. The molecule has 1 heterocycles. The summed E-state index contributed by atoms with van der Waals surface area (Å²) < 4.78 is 16.0. The quantitative estimate of drug-likeness (QED) is 0.783. The van der Waals surface area contributed by atoms with Gasteiger partial charge in [0.1, 0.15) is 12.4 Å². The van der Waals surface area contributed by atoms with Gasteiger partial charge in [-0.3, -0.25) is 0 Å². The van der Waals surface area contributed by atoms with Crippen molar-refractivity contribution < 1.29 is 19.0 Å². The Labute approximate surface area is 124 Å². The first-order valence-corrected chi connectivity index (χ1v) is 7.19. The molecule has 1 aliphatic rings. The molecule has 5 heteroatoms. The number of rotatable bonds is 5. The molecule has 1 saturated heterocycles. The number of hydrogen-bond acceptors (Lipinski definition) is 4. The van der Waals surface area contributed by atoms with Crippen LogP contribution in [0.1, 0.15) is 24.8 Å². The highest BCUT2D eigenvalue weighted by molar-refractivity contribution is 6.31. The third kappa shape index (κ3) is 4.69. The Kier molecular flexibility index (Phi) is 5.68. The minimum absolute atomic E-state index is 0.0328. The Balaban J connectivity index is 1.70. The van der Waals surface area contributed by atoms with Crippen molar-refractivity contribution in [1.29, 1.82) is 0 Å². The maximum absolute atomic E-state index is 11.6. The number of carbonyl (C=O) groups is 1. The molecule has 1 unspecified atom stereocenters. The Morgan fingerprint density at radius 2 is 2.30 bits per heavy atom. The predicted molar refractivity (Wildman–Crippen MR) is 76.2 cm³/mol. The molecule has 1 aromatic rings. The Morgan fingerprint density at radius 3 is 3.00 bits per heavy atom. The van der Waals surface area contributed by atoms with Gasteiger partial charge >= 0.3 is 5.97 Å². The number of benzene rings is 1. The first kappa shape index (κ1) is 15.1. The van der Waals surface area contributed by atoms with Gasteiger partial charge in [-0.05, 0) is 49.9 Å². The number of hydrogen-bond donors (Lipinski definition) is 0. The fourth-order valence-electron chi connectivity index (χ4n) is 2.02. The monoisotopic (exact) mass is 298 g/mol. The van der Waals surface area contributed by atoms with E-state index in [4.69, 9.17) is 25.8 Å². The average Bonchev–Trinajstić information content (AvgIpc) is 2.47. The van der Waals surface area contributed by atoms with Gasteiger partial charge in [0.05, 0.1) is 6.10 Å². The summed E-state index contributed by atoms with van der Waals surface area (Å²) in [6.45, 7) is 2.84. The Morgan fingerprint density at radius 1 is 1.45 bits per heavy atom. The van der Waals surface area contributed by atoms with Crippen LogP contribution in [-0.4, -0.2) is 31.9 Å². The lowest BCUT2D eigenvalue weighted by molar-refractivity contribution is -0.151. The van der Waals surface area contributed by atoms with E-state index in [1.165, 1.54) is 0 Å². The third-order valence-corrected chi connectivity index (χ3v) is 3.61. The molecule has 110 valence electrons. The lowest BCUT2D eigenvalue weighted by atomic mass is 10.1. The lowest BCUT2D eigenvalue weighted by Crippen LogP contribution is -2.27. The SMILES string of the molecule is Cc1cc(OCC(=O)OCC2CCCCO2)ccc1Cl. The highest BCUT2D eigenvalue weighted by atomic mass is 35.5. The van der Waals surface area contributed by atoms with Gasteiger partial charge in [-0.25, -0.2) is 4.79 Å². The summed E-state index contributed by atoms with van der Waals surface area (Å²) in [6, 6.07) is 5.26. The van der Waals surface area contributed by atoms with Crippen LogP contribution in [0.2, 0.25) is 5.02 Å².